The molecule has 0 N–H and O–H groups in total. The molecule has 134 valence electrons. The molecule has 1 amide bonds. The maximum atomic E-state index is 13.1. The second-order valence-corrected chi connectivity index (χ2v) is 7.28. The van der Waals surface area contributed by atoms with Gasteiger partial charge in [-0.3, -0.25) is 9.69 Å². The fraction of sp³-hybridized carbons (Fsp3) is 0.833. The molecule has 0 aliphatic carbocycles. The van der Waals surface area contributed by atoms with Gasteiger partial charge in [0.2, 0.25) is 5.91 Å². The van der Waals surface area contributed by atoms with E-state index in [9.17, 15) is 4.79 Å². The van der Waals surface area contributed by atoms with E-state index >= 15 is 0 Å². The summed E-state index contributed by atoms with van der Waals surface area (Å²) >= 11 is 0. The Kier molecular flexibility index (Phi) is 5.54. The van der Waals surface area contributed by atoms with Crippen LogP contribution in [0.2, 0.25) is 0 Å². The average Bonchev–Trinajstić information content (AvgIpc) is 2.93. The van der Waals surface area contributed by atoms with Crippen molar-refractivity contribution in [3.63, 3.8) is 0 Å². The van der Waals surface area contributed by atoms with Crippen molar-refractivity contribution in [2.75, 3.05) is 26.2 Å². The van der Waals surface area contributed by atoms with Gasteiger partial charge in [0.25, 0.3) is 0 Å². The van der Waals surface area contributed by atoms with E-state index in [0.717, 1.165) is 63.5 Å². The predicted molar refractivity (Wildman–Crippen MR) is 93.9 cm³/mol. The smallest absolute Gasteiger partial charge is 0.239 e. The number of hydrogen-bond acceptors (Lipinski definition) is 4. The predicted octanol–water partition coefficient (Wildman–Crippen LogP) is 2.32. The first-order chi connectivity index (χ1) is 11.6. The van der Waals surface area contributed by atoms with Crippen molar-refractivity contribution >= 4 is 5.91 Å². The minimum Gasteiger partial charge on any atom is -0.339 e. The number of carbonyl (C=O) groups is 1. The highest BCUT2D eigenvalue weighted by Gasteiger charge is 2.34. The van der Waals surface area contributed by atoms with E-state index in [1.807, 2.05) is 18.5 Å². The maximum Gasteiger partial charge on any atom is 0.239 e. The summed E-state index contributed by atoms with van der Waals surface area (Å²) in [5, 5.41) is 4.54. The van der Waals surface area contributed by atoms with Crippen molar-refractivity contribution in [2.24, 2.45) is 0 Å². The number of hydrogen-bond donors (Lipinski definition) is 0. The lowest BCUT2D eigenvalue weighted by molar-refractivity contribution is -0.140. The Hall–Kier alpha value is -1.43. The van der Waals surface area contributed by atoms with Gasteiger partial charge in [-0.25, -0.2) is 9.67 Å². The third-order valence-corrected chi connectivity index (χ3v) is 5.37. The molecule has 6 heteroatoms. The van der Waals surface area contributed by atoms with E-state index in [2.05, 4.69) is 26.8 Å². The second kappa shape index (κ2) is 7.64. The van der Waals surface area contributed by atoms with Gasteiger partial charge in [0, 0.05) is 13.1 Å². The Bertz CT molecular complexity index is 568. The third-order valence-electron chi connectivity index (χ3n) is 5.37. The summed E-state index contributed by atoms with van der Waals surface area (Å²) < 4.78 is 2.03. The minimum atomic E-state index is 0.0935. The van der Waals surface area contributed by atoms with Crippen LogP contribution in [0.15, 0.2) is 0 Å². The molecule has 1 aromatic heterocycles. The first-order valence-electron chi connectivity index (χ1n) is 9.52. The monoisotopic (exact) mass is 333 g/mol. The van der Waals surface area contributed by atoms with Crippen LogP contribution in [0, 0.1) is 13.8 Å². The molecule has 2 atom stereocenters. The molecular formula is C18H31N5O. The van der Waals surface area contributed by atoms with Crippen LogP contribution in [0.4, 0.5) is 0 Å². The lowest BCUT2D eigenvalue weighted by atomic mass is 9.98. The molecule has 0 saturated carbocycles. The maximum absolute atomic E-state index is 13.1. The molecule has 2 aliphatic rings. The number of piperidine rings is 2. The average molecular weight is 333 g/mol. The number of aromatic nitrogens is 3. The van der Waals surface area contributed by atoms with Crippen molar-refractivity contribution in [1.29, 1.82) is 0 Å². The number of carbonyl (C=O) groups excluding carboxylic acids is 1. The van der Waals surface area contributed by atoms with Crippen molar-refractivity contribution in [1.82, 2.24) is 24.6 Å². The molecule has 0 aromatic carbocycles. The molecule has 1 aromatic rings. The summed E-state index contributed by atoms with van der Waals surface area (Å²) in [7, 11) is 0. The van der Waals surface area contributed by atoms with Crippen molar-refractivity contribution in [3.05, 3.63) is 11.6 Å². The summed E-state index contributed by atoms with van der Waals surface area (Å²) in [5.74, 6) is 2.11. The molecule has 2 aliphatic heterocycles. The lowest BCUT2D eigenvalue weighted by Crippen LogP contribution is -2.53. The van der Waals surface area contributed by atoms with Gasteiger partial charge in [-0.2, -0.15) is 5.10 Å². The van der Waals surface area contributed by atoms with Crippen molar-refractivity contribution < 1.29 is 4.79 Å². The first-order valence-corrected chi connectivity index (χ1v) is 9.52. The van der Waals surface area contributed by atoms with Crippen LogP contribution in [0.5, 0.6) is 0 Å². The van der Waals surface area contributed by atoms with Crippen LogP contribution < -0.4 is 0 Å². The molecule has 2 unspecified atom stereocenters. The molecular weight excluding hydrogens is 302 g/mol. The molecule has 0 radical (unpaired) electrons. The topological polar surface area (TPSA) is 54.3 Å². The fourth-order valence-corrected chi connectivity index (χ4v) is 4.27. The number of amides is 1. The SMILES string of the molecule is CCCN1CCCCC1C(=O)N1CCCC(n2nc(C)nc2C)C1. The van der Waals surface area contributed by atoms with E-state index in [0.29, 0.717) is 5.91 Å². The second-order valence-electron chi connectivity index (χ2n) is 7.28. The van der Waals surface area contributed by atoms with E-state index in [4.69, 9.17) is 0 Å². The highest BCUT2D eigenvalue weighted by atomic mass is 16.2. The molecule has 3 heterocycles. The largest absolute Gasteiger partial charge is 0.339 e. The highest BCUT2D eigenvalue weighted by molar-refractivity contribution is 5.82. The van der Waals surface area contributed by atoms with E-state index in [1.54, 1.807) is 0 Å². The molecule has 6 nitrogen and oxygen atoms in total. The van der Waals surface area contributed by atoms with Gasteiger partial charge in [-0.05, 0) is 59.0 Å². The zero-order chi connectivity index (χ0) is 17.1. The zero-order valence-electron chi connectivity index (χ0n) is 15.4. The number of rotatable bonds is 4. The molecule has 2 saturated heterocycles. The quantitative estimate of drug-likeness (QED) is 0.848. The summed E-state index contributed by atoms with van der Waals surface area (Å²) in [4.78, 5) is 22.1. The summed E-state index contributed by atoms with van der Waals surface area (Å²) in [6.45, 7) is 9.91. The Morgan fingerprint density at radius 2 is 2.00 bits per heavy atom. The van der Waals surface area contributed by atoms with Gasteiger partial charge in [-0.15, -0.1) is 0 Å². The van der Waals surface area contributed by atoms with Crippen LogP contribution in [0.1, 0.15) is 63.1 Å². The van der Waals surface area contributed by atoms with Gasteiger partial charge >= 0.3 is 0 Å². The highest BCUT2D eigenvalue weighted by Crippen LogP contribution is 2.25. The summed E-state index contributed by atoms with van der Waals surface area (Å²) in [6.07, 6.45) is 6.66. The van der Waals surface area contributed by atoms with Gasteiger partial charge in [-0.1, -0.05) is 13.3 Å². The molecule has 3 rings (SSSR count). The number of nitrogens with zero attached hydrogens (tertiary/aromatic N) is 5. The van der Waals surface area contributed by atoms with E-state index in [1.165, 1.54) is 12.8 Å². The van der Waals surface area contributed by atoms with Crippen LogP contribution in [0.3, 0.4) is 0 Å². The molecule has 24 heavy (non-hydrogen) atoms. The van der Waals surface area contributed by atoms with Gasteiger partial charge < -0.3 is 4.90 Å². The standard InChI is InChI=1S/C18H31N5O/c1-4-10-21-11-6-5-9-17(21)18(24)22-12-7-8-16(13-22)23-15(3)19-14(2)20-23/h16-17H,4-13H2,1-3H3. The molecule has 2 fully saturated rings. The van der Waals surface area contributed by atoms with Crippen molar-refractivity contribution in [3.8, 4) is 0 Å². The molecule has 0 spiro atoms. The van der Waals surface area contributed by atoms with Crippen LogP contribution in [-0.4, -0.2) is 62.7 Å². The zero-order valence-corrected chi connectivity index (χ0v) is 15.4. The van der Waals surface area contributed by atoms with Crippen molar-refractivity contribution in [2.45, 2.75) is 71.4 Å². The lowest BCUT2D eigenvalue weighted by Gasteiger charge is -2.40. The number of likely N-dealkylation sites (tertiary alicyclic amines) is 2. The van der Waals surface area contributed by atoms with Crippen LogP contribution in [0.25, 0.3) is 0 Å². The Morgan fingerprint density at radius 1 is 1.17 bits per heavy atom. The Morgan fingerprint density at radius 3 is 2.71 bits per heavy atom. The van der Waals surface area contributed by atoms with E-state index in [-0.39, 0.29) is 12.1 Å². The Labute approximate surface area is 145 Å². The van der Waals surface area contributed by atoms with Crippen LogP contribution >= 0.6 is 0 Å². The number of aryl methyl sites for hydroxylation is 2. The third kappa shape index (κ3) is 3.63. The molecule has 0 bridgehead atoms. The normalized spacial score (nSPS) is 25.9. The van der Waals surface area contributed by atoms with Crippen LogP contribution in [-0.2, 0) is 4.79 Å². The minimum absolute atomic E-state index is 0.0935. The Balaban J connectivity index is 1.69. The van der Waals surface area contributed by atoms with Gasteiger partial charge in [0.15, 0.2) is 0 Å². The summed E-state index contributed by atoms with van der Waals surface area (Å²) in [6, 6.07) is 0.364. The van der Waals surface area contributed by atoms with Gasteiger partial charge in [0.1, 0.15) is 11.6 Å². The van der Waals surface area contributed by atoms with E-state index < -0.39 is 0 Å². The van der Waals surface area contributed by atoms with Gasteiger partial charge in [0.05, 0.1) is 12.1 Å². The summed E-state index contributed by atoms with van der Waals surface area (Å²) in [5.41, 5.74) is 0. The first kappa shape index (κ1) is 17.4. The fourth-order valence-electron chi connectivity index (χ4n) is 4.27.